The molecule has 19 heavy (non-hydrogen) atoms. The molecule has 3 nitrogen and oxygen atoms in total. The minimum Gasteiger partial charge on any atom is -0.310 e. The fourth-order valence-electron chi connectivity index (χ4n) is 3.28. The van der Waals surface area contributed by atoms with Crippen LogP contribution in [0.1, 0.15) is 70.1 Å². The first-order valence-electron chi connectivity index (χ1n) is 7.86. The second-order valence-corrected chi connectivity index (χ2v) is 6.39. The standard InChI is InChI=1S/C16H29N3/c1-5-13-7-6-8-15(9-13)17-10-14-11-19(4)18-16(14)12(2)3/h11-13,15,17H,5-10H2,1-4H3. The van der Waals surface area contributed by atoms with Crippen molar-refractivity contribution in [1.29, 1.82) is 0 Å². The Labute approximate surface area is 117 Å². The summed E-state index contributed by atoms with van der Waals surface area (Å²) in [6.07, 6.45) is 9.02. The van der Waals surface area contributed by atoms with Crippen molar-refractivity contribution in [2.45, 2.75) is 71.4 Å². The van der Waals surface area contributed by atoms with Crippen LogP contribution in [0.4, 0.5) is 0 Å². The van der Waals surface area contributed by atoms with Crippen molar-refractivity contribution < 1.29 is 0 Å². The fraction of sp³-hybridized carbons (Fsp3) is 0.812. The van der Waals surface area contributed by atoms with Crippen LogP contribution in [0.5, 0.6) is 0 Å². The van der Waals surface area contributed by atoms with Gasteiger partial charge in [-0.15, -0.1) is 0 Å². The lowest BCUT2D eigenvalue weighted by Gasteiger charge is -2.29. The lowest BCUT2D eigenvalue weighted by Crippen LogP contribution is -2.33. The van der Waals surface area contributed by atoms with E-state index in [2.05, 4.69) is 37.4 Å². The minimum absolute atomic E-state index is 0.507. The molecule has 1 aromatic rings. The molecule has 0 saturated heterocycles. The van der Waals surface area contributed by atoms with Crippen molar-refractivity contribution in [1.82, 2.24) is 15.1 Å². The van der Waals surface area contributed by atoms with Gasteiger partial charge in [-0.2, -0.15) is 5.10 Å². The zero-order valence-corrected chi connectivity index (χ0v) is 12.9. The van der Waals surface area contributed by atoms with Gasteiger partial charge in [0.1, 0.15) is 0 Å². The Hall–Kier alpha value is -0.830. The van der Waals surface area contributed by atoms with Crippen molar-refractivity contribution in [3.8, 4) is 0 Å². The normalized spacial score (nSPS) is 24.1. The monoisotopic (exact) mass is 263 g/mol. The smallest absolute Gasteiger partial charge is 0.0694 e. The summed E-state index contributed by atoms with van der Waals surface area (Å²) in [6.45, 7) is 7.74. The predicted octanol–water partition coefficient (Wildman–Crippen LogP) is 3.60. The fourth-order valence-corrected chi connectivity index (χ4v) is 3.28. The highest BCUT2D eigenvalue weighted by Crippen LogP contribution is 2.27. The Morgan fingerprint density at radius 1 is 1.42 bits per heavy atom. The van der Waals surface area contributed by atoms with Gasteiger partial charge in [0.2, 0.25) is 0 Å². The first-order valence-corrected chi connectivity index (χ1v) is 7.86. The second kappa shape index (κ2) is 6.56. The van der Waals surface area contributed by atoms with E-state index in [-0.39, 0.29) is 0 Å². The molecule has 0 amide bonds. The summed E-state index contributed by atoms with van der Waals surface area (Å²) >= 11 is 0. The van der Waals surface area contributed by atoms with E-state index in [1.165, 1.54) is 43.4 Å². The Kier molecular flexibility index (Phi) is 5.03. The van der Waals surface area contributed by atoms with E-state index >= 15 is 0 Å². The Morgan fingerprint density at radius 2 is 2.21 bits per heavy atom. The Bertz CT molecular complexity index is 395. The summed E-state index contributed by atoms with van der Waals surface area (Å²) in [6, 6.07) is 0.707. The lowest BCUT2D eigenvalue weighted by molar-refractivity contribution is 0.278. The molecule has 1 N–H and O–H groups in total. The van der Waals surface area contributed by atoms with Crippen molar-refractivity contribution in [2.24, 2.45) is 13.0 Å². The van der Waals surface area contributed by atoms with Crippen LogP contribution in [0.15, 0.2) is 6.20 Å². The number of rotatable bonds is 5. The highest BCUT2D eigenvalue weighted by Gasteiger charge is 2.21. The third kappa shape index (κ3) is 3.82. The molecule has 108 valence electrons. The summed E-state index contributed by atoms with van der Waals surface area (Å²) < 4.78 is 1.95. The molecule has 0 bridgehead atoms. The average Bonchev–Trinajstić information content (AvgIpc) is 2.78. The van der Waals surface area contributed by atoms with E-state index < -0.39 is 0 Å². The zero-order valence-electron chi connectivity index (χ0n) is 12.9. The van der Waals surface area contributed by atoms with Gasteiger partial charge in [-0.05, 0) is 24.7 Å². The molecule has 0 aliphatic heterocycles. The van der Waals surface area contributed by atoms with E-state index in [0.717, 1.165) is 12.5 Å². The first-order chi connectivity index (χ1) is 9.10. The molecule has 0 aromatic carbocycles. The maximum absolute atomic E-state index is 4.58. The van der Waals surface area contributed by atoms with Gasteiger partial charge in [-0.1, -0.05) is 40.0 Å². The maximum atomic E-state index is 4.58. The van der Waals surface area contributed by atoms with Crippen molar-refractivity contribution in [3.63, 3.8) is 0 Å². The van der Waals surface area contributed by atoms with E-state index in [0.29, 0.717) is 12.0 Å². The third-order valence-electron chi connectivity index (χ3n) is 4.43. The molecular formula is C16H29N3. The summed E-state index contributed by atoms with van der Waals surface area (Å²) in [5.41, 5.74) is 2.62. The molecule has 2 atom stereocenters. The van der Waals surface area contributed by atoms with Gasteiger partial charge in [0.25, 0.3) is 0 Å². The average molecular weight is 263 g/mol. The highest BCUT2D eigenvalue weighted by atomic mass is 15.3. The number of hydrogen-bond acceptors (Lipinski definition) is 2. The van der Waals surface area contributed by atoms with Crippen molar-refractivity contribution in [3.05, 3.63) is 17.5 Å². The van der Waals surface area contributed by atoms with Crippen LogP contribution in [0.2, 0.25) is 0 Å². The van der Waals surface area contributed by atoms with E-state index in [1.54, 1.807) is 0 Å². The van der Waals surface area contributed by atoms with Crippen LogP contribution in [0, 0.1) is 5.92 Å². The summed E-state index contributed by atoms with van der Waals surface area (Å²) in [5.74, 6) is 1.44. The lowest BCUT2D eigenvalue weighted by atomic mass is 9.84. The third-order valence-corrected chi connectivity index (χ3v) is 4.43. The molecule has 1 saturated carbocycles. The van der Waals surface area contributed by atoms with Gasteiger partial charge in [0.05, 0.1) is 5.69 Å². The summed E-state index contributed by atoms with van der Waals surface area (Å²) in [7, 11) is 2.02. The predicted molar refractivity (Wildman–Crippen MR) is 80.2 cm³/mol. The largest absolute Gasteiger partial charge is 0.310 e. The van der Waals surface area contributed by atoms with Crippen molar-refractivity contribution >= 4 is 0 Å². The molecule has 1 aliphatic carbocycles. The Balaban J connectivity index is 1.91. The van der Waals surface area contributed by atoms with E-state index in [4.69, 9.17) is 0 Å². The first kappa shape index (κ1) is 14.6. The SMILES string of the molecule is CCC1CCCC(NCc2cn(C)nc2C(C)C)C1. The molecule has 3 heteroatoms. The molecular weight excluding hydrogens is 234 g/mol. The second-order valence-electron chi connectivity index (χ2n) is 6.39. The number of nitrogens with one attached hydrogen (secondary N) is 1. The van der Waals surface area contributed by atoms with Gasteiger partial charge < -0.3 is 5.32 Å². The molecule has 1 aliphatic rings. The molecule has 1 fully saturated rings. The van der Waals surface area contributed by atoms with Gasteiger partial charge in [-0.25, -0.2) is 0 Å². The minimum atomic E-state index is 0.507. The summed E-state index contributed by atoms with van der Waals surface area (Å²) in [4.78, 5) is 0. The highest BCUT2D eigenvalue weighted by molar-refractivity contribution is 5.20. The quantitative estimate of drug-likeness (QED) is 0.879. The molecule has 2 unspecified atom stereocenters. The van der Waals surface area contributed by atoms with Gasteiger partial charge in [-0.3, -0.25) is 4.68 Å². The van der Waals surface area contributed by atoms with Gasteiger partial charge >= 0.3 is 0 Å². The van der Waals surface area contributed by atoms with E-state index in [1.807, 2.05) is 11.7 Å². The van der Waals surface area contributed by atoms with Crippen LogP contribution in [0.3, 0.4) is 0 Å². The molecule has 1 aromatic heterocycles. The topological polar surface area (TPSA) is 29.9 Å². The molecule has 1 heterocycles. The van der Waals surface area contributed by atoms with Crippen LogP contribution < -0.4 is 5.32 Å². The Morgan fingerprint density at radius 3 is 2.89 bits per heavy atom. The summed E-state index contributed by atoms with van der Waals surface area (Å²) in [5, 5.41) is 8.34. The molecule has 0 spiro atoms. The van der Waals surface area contributed by atoms with Crippen LogP contribution in [-0.4, -0.2) is 15.8 Å². The van der Waals surface area contributed by atoms with Gasteiger partial charge in [0, 0.05) is 31.4 Å². The number of aryl methyl sites for hydroxylation is 1. The van der Waals surface area contributed by atoms with Crippen LogP contribution >= 0.6 is 0 Å². The number of hydrogen-bond donors (Lipinski definition) is 1. The maximum Gasteiger partial charge on any atom is 0.0694 e. The zero-order chi connectivity index (χ0) is 13.8. The van der Waals surface area contributed by atoms with Crippen molar-refractivity contribution in [2.75, 3.05) is 0 Å². The molecule has 0 radical (unpaired) electrons. The van der Waals surface area contributed by atoms with Crippen LogP contribution in [0.25, 0.3) is 0 Å². The van der Waals surface area contributed by atoms with E-state index in [9.17, 15) is 0 Å². The van der Waals surface area contributed by atoms with Gasteiger partial charge in [0.15, 0.2) is 0 Å². The molecule has 2 rings (SSSR count). The number of aromatic nitrogens is 2. The number of nitrogens with zero attached hydrogens (tertiary/aromatic N) is 2. The van der Waals surface area contributed by atoms with Crippen LogP contribution in [-0.2, 0) is 13.6 Å².